The highest BCUT2D eigenvalue weighted by molar-refractivity contribution is 5.89. The fourth-order valence-corrected chi connectivity index (χ4v) is 4.29. The van der Waals surface area contributed by atoms with Crippen LogP contribution < -0.4 is 16.0 Å². The molecule has 3 aromatic rings. The van der Waals surface area contributed by atoms with Crippen LogP contribution in [0.4, 0.5) is 29.5 Å². The van der Waals surface area contributed by atoms with Gasteiger partial charge in [-0.3, -0.25) is 0 Å². The highest BCUT2D eigenvalue weighted by Crippen LogP contribution is 2.35. The van der Waals surface area contributed by atoms with E-state index < -0.39 is 23.8 Å². The summed E-state index contributed by atoms with van der Waals surface area (Å²) in [4.78, 5) is 28.5. The smallest absolute Gasteiger partial charge is 0.367 e. The summed E-state index contributed by atoms with van der Waals surface area (Å²) in [6, 6.07) is 5.21. The summed E-state index contributed by atoms with van der Waals surface area (Å²) < 4.78 is 40.2. The number of aromatic nitrogens is 3. The summed E-state index contributed by atoms with van der Waals surface area (Å²) >= 11 is 0. The molecule has 1 fully saturated rings. The first kappa shape index (κ1) is 23.5. The van der Waals surface area contributed by atoms with Gasteiger partial charge in [-0.2, -0.15) is 13.2 Å². The maximum absolute atomic E-state index is 13.4. The SMILES string of the molecule is Cc1nc(N[C@H](C)c2cccc(C(F)(F)F)c2C)c2cc(N3CCN(C(N)=O)CC3)cnc2n1. The third-order valence-electron chi connectivity index (χ3n) is 6.11. The normalized spacial score (nSPS) is 15.5. The van der Waals surface area contributed by atoms with Gasteiger partial charge in [0, 0.05) is 26.2 Å². The predicted molar refractivity (Wildman–Crippen MR) is 124 cm³/mol. The molecule has 0 spiro atoms. The number of anilines is 2. The first-order valence-electron chi connectivity index (χ1n) is 10.9. The van der Waals surface area contributed by atoms with Gasteiger partial charge >= 0.3 is 12.2 Å². The van der Waals surface area contributed by atoms with Crippen molar-refractivity contribution in [1.82, 2.24) is 19.9 Å². The van der Waals surface area contributed by atoms with Crippen LogP contribution >= 0.6 is 0 Å². The third-order valence-corrected chi connectivity index (χ3v) is 6.11. The molecule has 8 nitrogen and oxygen atoms in total. The van der Waals surface area contributed by atoms with Crippen LogP contribution in [0.3, 0.4) is 0 Å². The van der Waals surface area contributed by atoms with Crippen molar-refractivity contribution >= 4 is 28.6 Å². The second-order valence-electron chi connectivity index (χ2n) is 8.38. The molecule has 180 valence electrons. The number of nitrogens with zero attached hydrogens (tertiary/aromatic N) is 5. The second kappa shape index (κ2) is 8.96. The largest absolute Gasteiger partial charge is 0.416 e. The van der Waals surface area contributed by atoms with Gasteiger partial charge < -0.3 is 20.9 Å². The molecule has 0 aliphatic carbocycles. The van der Waals surface area contributed by atoms with Crippen LogP contribution in [0.2, 0.25) is 0 Å². The van der Waals surface area contributed by atoms with Crippen LogP contribution in [0, 0.1) is 13.8 Å². The van der Waals surface area contributed by atoms with E-state index in [9.17, 15) is 18.0 Å². The van der Waals surface area contributed by atoms with Gasteiger partial charge in [-0.05, 0) is 44.0 Å². The van der Waals surface area contributed by atoms with Crippen molar-refractivity contribution in [1.29, 1.82) is 0 Å². The zero-order chi connectivity index (χ0) is 24.6. The lowest BCUT2D eigenvalue weighted by atomic mass is 9.97. The summed E-state index contributed by atoms with van der Waals surface area (Å²) in [5.74, 6) is 0.996. The topological polar surface area (TPSA) is 100 Å². The highest BCUT2D eigenvalue weighted by atomic mass is 19.4. The average Bonchev–Trinajstić information content (AvgIpc) is 2.78. The maximum Gasteiger partial charge on any atom is 0.416 e. The van der Waals surface area contributed by atoms with Crippen molar-refractivity contribution in [3.63, 3.8) is 0 Å². The molecule has 0 bridgehead atoms. The zero-order valence-corrected chi connectivity index (χ0v) is 19.1. The van der Waals surface area contributed by atoms with E-state index in [1.165, 1.54) is 13.0 Å². The van der Waals surface area contributed by atoms with E-state index >= 15 is 0 Å². The van der Waals surface area contributed by atoms with Crippen molar-refractivity contribution < 1.29 is 18.0 Å². The van der Waals surface area contributed by atoms with Gasteiger partial charge in [0.05, 0.1) is 28.9 Å². The number of alkyl halides is 3. The molecule has 34 heavy (non-hydrogen) atoms. The van der Waals surface area contributed by atoms with Crippen LogP contribution in [0.25, 0.3) is 11.0 Å². The van der Waals surface area contributed by atoms with Crippen LogP contribution in [-0.4, -0.2) is 52.1 Å². The van der Waals surface area contributed by atoms with Crippen molar-refractivity contribution in [2.24, 2.45) is 5.73 Å². The van der Waals surface area contributed by atoms with E-state index in [4.69, 9.17) is 5.73 Å². The molecule has 2 amide bonds. The van der Waals surface area contributed by atoms with Crippen molar-refractivity contribution in [2.45, 2.75) is 33.0 Å². The molecule has 1 aliphatic rings. The second-order valence-corrected chi connectivity index (χ2v) is 8.38. The number of aryl methyl sites for hydroxylation is 1. The van der Waals surface area contributed by atoms with Crippen molar-refractivity contribution in [2.75, 3.05) is 36.4 Å². The Hall–Kier alpha value is -3.63. The summed E-state index contributed by atoms with van der Waals surface area (Å²) in [6.45, 7) is 7.24. The molecule has 0 saturated carbocycles. The molecule has 0 radical (unpaired) electrons. The monoisotopic (exact) mass is 473 g/mol. The van der Waals surface area contributed by atoms with E-state index in [1.54, 1.807) is 31.0 Å². The number of carbonyl (C=O) groups excluding carboxylic acids is 1. The Balaban J connectivity index is 1.65. The molecular weight excluding hydrogens is 447 g/mol. The molecule has 3 heterocycles. The molecule has 1 aromatic carbocycles. The van der Waals surface area contributed by atoms with Crippen LogP contribution in [-0.2, 0) is 6.18 Å². The number of hydrogen-bond acceptors (Lipinski definition) is 6. The van der Waals surface area contributed by atoms with Crippen molar-refractivity contribution in [3.05, 3.63) is 53.0 Å². The number of fused-ring (bicyclic) bond motifs is 1. The number of carbonyl (C=O) groups is 1. The van der Waals surface area contributed by atoms with Gasteiger partial charge in [0.1, 0.15) is 11.6 Å². The lowest BCUT2D eigenvalue weighted by molar-refractivity contribution is -0.138. The number of piperazine rings is 1. The van der Waals surface area contributed by atoms with Gasteiger partial charge in [0.25, 0.3) is 0 Å². The molecule has 1 saturated heterocycles. The number of primary amides is 1. The fraction of sp³-hybridized carbons (Fsp3) is 0.391. The first-order valence-corrected chi connectivity index (χ1v) is 10.9. The third kappa shape index (κ3) is 4.68. The van der Waals surface area contributed by atoms with Crippen LogP contribution in [0.5, 0.6) is 0 Å². The van der Waals surface area contributed by atoms with E-state index in [2.05, 4.69) is 25.2 Å². The Morgan fingerprint density at radius 1 is 1.15 bits per heavy atom. The van der Waals surface area contributed by atoms with Gasteiger partial charge in [-0.25, -0.2) is 19.7 Å². The molecule has 4 rings (SSSR count). The van der Waals surface area contributed by atoms with Gasteiger partial charge in [0.2, 0.25) is 0 Å². The van der Waals surface area contributed by atoms with Gasteiger partial charge in [0.15, 0.2) is 5.65 Å². The lowest BCUT2D eigenvalue weighted by Gasteiger charge is -2.35. The van der Waals surface area contributed by atoms with E-state index in [-0.39, 0.29) is 5.56 Å². The highest BCUT2D eigenvalue weighted by Gasteiger charge is 2.33. The Labute approximate surface area is 195 Å². The number of rotatable bonds is 4. The van der Waals surface area contributed by atoms with E-state index in [1.807, 2.05) is 6.07 Å². The molecule has 1 aliphatic heterocycles. The molecule has 2 aromatic heterocycles. The molecule has 0 unspecified atom stereocenters. The summed E-state index contributed by atoms with van der Waals surface area (Å²) in [5, 5.41) is 3.93. The van der Waals surface area contributed by atoms with E-state index in [0.717, 1.165) is 11.8 Å². The van der Waals surface area contributed by atoms with Gasteiger partial charge in [-0.15, -0.1) is 0 Å². The van der Waals surface area contributed by atoms with Crippen molar-refractivity contribution in [3.8, 4) is 0 Å². The molecule has 1 atom stereocenters. The summed E-state index contributed by atoms with van der Waals surface area (Å²) in [7, 11) is 0. The Morgan fingerprint density at radius 2 is 1.85 bits per heavy atom. The zero-order valence-electron chi connectivity index (χ0n) is 19.1. The average molecular weight is 474 g/mol. The van der Waals surface area contributed by atoms with Gasteiger partial charge in [-0.1, -0.05) is 12.1 Å². The number of pyridine rings is 1. The quantitative estimate of drug-likeness (QED) is 0.593. The molecule has 3 N–H and O–H groups in total. The Bertz CT molecular complexity index is 1220. The number of amides is 2. The fourth-order valence-electron chi connectivity index (χ4n) is 4.29. The minimum Gasteiger partial charge on any atom is -0.367 e. The standard InChI is InChI=1S/C23H26F3N7O/c1-13-17(5-4-6-19(13)23(24,25)26)14(2)29-21-18-11-16(12-28-20(18)30-15(3)31-21)32-7-9-33(10-8-32)22(27)34/h4-6,11-12,14H,7-10H2,1-3H3,(H2,27,34)(H,28,29,30,31)/t14-/m1/s1. The molecular formula is C23H26F3N7O. The summed E-state index contributed by atoms with van der Waals surface area (Å²) in [6.07, 6.45) is -2.70. The summed E-state index contributed by atoms with van der Waals surface area (Å²) in [5.41, 5.74) is 6.76. The first-order chi connectivity index (χ1) is 16.0. The number of hydrogen-bond donors (Lipinski definition) is 2. The predicted octanol–water partition coefficient (Wildman–Crippen LogP) is 4.03. The number of urea groups is 1. The van der Waals surface area contributed by atoms with Crippen LogP contribution in [0.15, 0.2) is 30.5 Å². The number of halogens is 3. The maximum atomic E-state index is 13.4. The molecule has 11 heteroatoms. The Kier molecular flexibility index (Phi) is 6.20. The Morgan fingerprint density at radius 3 is 2.50 bits per heavy atom. The van der Waals surface area contributed by atoms with Crippen LogP contribution in [0.1, 0.15) is 35.5 Å². The number of benzene rings is 1. The number of nitrogens with one attached hydrogen (secondary N) is 1. The lowest BCUT2D eigenvalue weighted by Crippen LogP contribution is -2.50. The minimum absolute atomic E-state index is 0.177. The van der Waals surface area contributed by atoms with E-state index in [0.29, 0.717) is 54.4 Å². The minimum atomic E-state index is -4.42. The number of nitrogens with two attached hydrogens (primary N) is 1.